The van der Waals surface area contributed by atoms with Gasteiger partial charge in [0.25, 0.3) is 5.91 Å². The Morgan fingerprint density at radius 2 is 1.89 bits per heavy atom. The molecule has 0 bridgehead atoms. The van der Waals surface area contributed by atoms with E-state index >= 15 is 0 Å². The van der Waals surface area contributed by atoms with Crippen molar-refractivity contribution in [2.75, 3.05) is 17.6 Å². The van der Waals surface area contributed by atoms with Gasteiger partial charge in [-0.3, -0.25) is 4.79 Å². The largest absolute Gasteiger partial charge is 0.396 e. The van der Waals surface area contributed by atoms with E-state index in [0.29, 0.717) is 18.1 Å². The zero-order valence-corrected chi connectivity index (χ0v) is 10.5. The van der Waals surface area contributed by atoms with Gasteiger partial charge in [0.05, 0.1) is 5.69 Å². The lowest BCUT2D eigenvalue weighted by Gasteiger charge is -2.09. The second kappa shape index (κ2) is 5.86. The lowest BCUT2D eigenvalue weighted by Crippen LogP contribution is -2.16. The number of amides is 1. The molecule has 0 atom stereocenters. The summed E-state index contributed by atoms with van der Waals surface area (Å²) in [5, 5.41) is 3.11. The van der Waals surface area contributed by atoms with Crippen LogP contribution in [0.5, 0.6) is 0 Å². The molecule has 0 saturated carbocycles. The third kappa shape index (κ3) is 3.45. The van der Waals surface area contributed by atoms with Crippen LogP contribution in [0.4, 0.5) is 11.5 Å². The molecule has 1 aromatic heterocycles. The quantitative estimate of drug-likeness (QED) is 0.754. The first kappa shape index (κ1) is 12.9. The zero-order chi connectivity index (χ0) is 13.7. The van der Waals surface area contributed by atoms with Crippen molar-refractivity contribution >= 4 is 17.4 Å². The number of nitrogens with one attached hydrogen (secondary N) is 1. The molecule has 0 radical (unpaired) electrons. The lowest BCUT2D eigenvalue weighted by molar-refractivity contribution is 0.0996. The van der Waals surface area contributed by atoms with Crippen LogP contribution in [0.15, 0.2) is 42.5 Å². The molecule has 98 valence electrons. The third-order valence-electron chi connectivity index (χ3n) is 2.73. The van der Waals surface area contributed by atoms with Gasteiger partial charge in [-0.05, 0) is 24.1 Å². The number of carbonyl (C=O) groups excluding carboxylic acids is 1. The number of anilines is 2. The Morgan fingerprint density at radius 3 is 2.58 bits per heavy atom. The monoisotopic (exact) mass is 256 g/mol. The minimum absolute atomic E-state index is 0.205. The predicted molar refractivity (Wildman–Crippen MR) is 75.8 cm³/mol. The number of carbonyl (C=O) groups is 1. The maximum Gasteiger partial charge on any atom is 0.267 e. The molecule has 5 nitrogen and oxygen atoms in total. The van der Waals surface area contributed by atoms with E-state index in [0.717, 1.165) is 6.42 Å². The van der Waals surface area contributed by atoms with E-state index < -0.39 is 5.91 Å². The van der Waals surface area contributed by atoms with Gasteiger partial charge >= 0.3 is 0 Å². The summed E-state index contributed by atoms with van der Waals surface area (Å²) in [5.41, 5.74) is 12.9. The summed E-state index contributed by atoms with van der Waals surface area (Å²) in [6, 6.07) is 13.2. The highest BCUT2D eigenvalue weighted by atomic mass is 16.1. The number of hydrogen-bond donors (Lipinski definition) is 3. The Labute approximate surface area is 111 Å². The Bertz CT molecular complexity index is 569. The van der Waals surface area contributed by atoms with Crippen LogP contribution in [0.25, 0.3) is 0 Å². The smallest absolute Gasteiger partial charge is 0.267 e. The summed E-state index contributed by atoms with van der Waals surface area (Å²) in [6.07, 6.45) is 0.850. The Balaban J connectivity index is 1.99. The second-order valence-electron chi connectivity index (χ2n) is 4.16. The normalized spacial score (nSPS) is 10.1. The molecule has 1 heterocycles. The van der Waals surface area contributed by atoms with Crippen molar-refractivity contribution in [1.82, 2.24) is 4.98 Å². The first-order chi connectivity index (χ1) is 9.16. The number of nitrogens with zero attached hydrogens (tertiary/aromatic N) is 1. The number of hydrogen-bond acceptors (Lipinski definition) is 4. The van der Waals surface area contributed by atoms with E-state index in [1.165, 1.54) is 11.6 Å². The van der Waals surface area contributed by atoms with Crippen molar-refractivity contribution in [2.45, 2.75) is 6.42 Å². The molecular formula is C14H16N4O. The van der Waals surface area contributed by atoms with Crippen LogP contribution in [0.2, 0.25) is 0 Å². The molecule has 19 heavy (non-hydrogen) atoms. The van der Waals surface area contributed by atoms with E-state index in [-0.39, 0.29) is 5.69 Å². The fourth-order valence-corrected chi connectivity index (χ4v) is 1.72. The summed E-state index contributed by atoms with van der Waals surface area (Å²) < 4.78 is 0. The fourth-order valence-electron chi connectivity index (χ4n) is 1.72. The molecule has 0 aliphatic carbocycles. The molecule has 0 saturated heterocycles. The summed E-state index contributed by atoms with van der Waals surface area (Å²) in [5.74, 6) is -0.0710. The second-order valence-corrected chi connectivity index (χ2v) is 4.16. The average Bonchev–Trinajstić information content (AvgIpc) is 2.42. The molecule has 0 spiro atoms. The highest BCUT2D eigenvalue weighted by Crippen LogP contribution is 2.15. The number of aromatic nitrogens is 1. The van der Waals surface area contributed by atoms with Crippen LogP contribution in [0.3, 0.4) is 0 Å². The molecule has 5 N–H and O–H groups in total. The first-order valence-corrected chi connectivity index (χ1v) is 6.01. The predicted octanol–water partition coefficient (Wildman–Crippen LogP) is 1.42. The van der Waals surface area contributed by atoms with E-state index in [1.807, 2.05) is 18.2 Å². The van der Waals surface area contributed by atoms with Gasteiger partial charge in [0.15, 0.2) is 0 Å². The van der Waals surface area contributed by atoms with Crippen LogP contribution >= 0.6 is 0 Å². The zero-order valence-electron chi connectivity index (χ0n) is 10.5. The number of nitrogen functional groups attached to an aromatic ring is 1. The molecule has 0 aliphatic heterocycles. The van der Waals surface area contributed by atoms with Gasteiger partial charge in [0.1, 0.15) is 11.5 Å². The summed E-state index contributed by atoms with van der Waals surface area (Å²) in [7, 11) is 0. The van der Waals surface area contributed by atoms with Crippen LogP contribution < -0.4 is 16.8 Å². The molecule has 2 aromatic rings. The van der Waals surface area contributed by atoms with Crippen molar-refractivity contribution in [3.8, 4) is 0 Å². The lowest BCUT2D eigenvalue weighted by atomic mass is 10.1. The minimum atomic E-state index is -0.564. The van der Waals surface area contributed by atoms with Gasteiger partial charge in [0.2, 0.25) is 0 Å². The fraction of sp³-hybridized carbons (Fsp3) is 0.143. The number of rotatable bonds is 5. The maximum absolute atomic E-state index is 11.1. The maximum atomic E-state index is 11.1. The standard InChI is InChI=1S/C14H16N4O/c15-11-6-7-12(13(16)19)18-14(11)17-9-8-10-4-2-1-3-5-10/h1-7H,8-9,15H2,(H2,16,19)(H,17,18). The van der Waals surface area contributed by atoms with Crippen LogP contribution in [0, 0.1) is 0 Å². The van der Waals surface area contributed by atoms with Crippen molar-refractivity contribution < 1.29 is 4.79 Å². The number of pyridine rings is 1. The number of primary amides is 1. The topological polar surface area (TPSA) is 94.0 Å². The van der Waals surface area contributed by atoms with Gasteiger partial charge in [-0.1, -0.05) is 30.3 Å². The molecule has 1 amide bonds. The van der Waals surface area contributed by atoms with E-state index in [1.54, 1.807) is 6.07 Å². The average molecular weight is 256 g/mol. The molecule has 0 fully saturated rings. The highest BCUT2D eigenvalue weighted by Gasteiger charge is 2.06. The van der Waals surface area contributed by atoms with E-state index in [4.69, 9.17) is 11.5 Å². The van der Waals surface area contributed by atoms with E-state index in [2.05, 4.69) is 22.4 Å². The van der Waals surface area contributed by atoms with Crippen LogP contribution in [-0.2, 0) is 6.42 Å². The van der Waals surface area contributed by atoms with Crippen LogP contribution in [-0.4, -0.2) is 17.4 Å². The molecule has 2 rings (SSSR count). The molecule has 0 aliphatic rings. The van der Waals surface area contributed by atoms with Crippen LogP contribution in [0.1, 0.15) is 16.1 Å². The molecule has 0 unspecified atom stereocenters. The molecular weight excluding hydrogens is 240 g/mol. The number of benzene rings is 1. The minimum Gasteiger partial charge on any atom is -0.396 e. The SMILES string of the molecule is NC(=O)c1ccc(N)c(NCCc2ccccc2)n1. The Hall–Kier alpha value is -2.56. The summed E-state index contributed by atoms with van der Waals surface area (Å²) in [6.45, 7) is 0.684. The molecule has 5 heteroatoms. The van der Waals surface area contributed by atoms with Gasteiger partial charge in [-0.15, -0.1) is 0 Å². The van der Waals surface area contributed by atoms with Crippen molar-refractivity contribution in [1.29, 1.82) is 0 Å². The molecule has 1 aromatic carbocycles. The van der Waals surface area contributed by atoms with Crippen molar-refractivity contribution in [3.05, 3.63) is 53.7 Å². The Kier molecular flexibility index (Phi) is 3.97. The van der Waals surface area contributed by atoms with E-state index in [9.17, 15) is 4.79 Å². The number of nitrogens with two attached hydrogens (primary N) is 2. The highest BCUT2D eigenvalue weighted by molar-refractivity contribution is 5.91. The van der Waals surface area contributed by atoms with Gasteiger partial charge in [0, 0.05) is 6.54 Å². The van der Waals surface area contributed by atoms with Gasteiger partial charge in [-0.2, -0.15) is 0 Å². The summed E-state index contributed by atoms with van der Waals surface area (Å²) >= 11 is 0. The van der Waals surface area contributed by atoms with Crippen molar-refractivity contribution in [2.24, 2.45) is 5.73 Å². The third-order valence-corrected chi connectivity index (χ3v) is 2.73. The summed E-state index contributed by atoms with van der Waals surface area (Å²) in [4.78, 5) is 15.1. The Morgan fingerprint density at radius 1 is 1.16 bits per heavy atom. The van der Waals surface area contributed by atoms with Crippen molar-refractivity contribution in [3.63, 3.8) is 0 Å². The van der Waals surface area contributed by atoms with Gasteiger partial charge < -0.3 is 16.8 Å². The first-order valence-electron chi connectivity index (χ1n) is 6.01. The van der Waals surface area contributed by atoms with Gasteiger partial charge in [-0.25, -0.2) is 4.98 Å².